The van der Waals surface area contributed by atoms with Crippen LogP contribution in [0.25, 0.3) is 0 Å². The number of imidazole rings is 1. The second-order valence-electron chi connectivity index (χ2n) is 3.14. The van der Waals surface area contributed by atoms with Crippen molar-refractivity contribution in [3.8, 4) is 0 Å². The third-order valence-electron chi connectivity index (χ3n) is 2.33. The maximum atomic E-state index is 8.92. The summed E-state index contributed by atoms with van der Waals surface area (Å²) in [6.45, 7) is 7.11. The van der Waals surface area contributed by atoms with Gasteiger partial charge in [0.1, 0.15) is 5.82 Å². The molecule has 3 heteroatoms. The standard InChI is InChI=1S/C10H18N2O/c1-4-9-8(3)11-10(5-2)12(9)6-7-13/h13H,4-7H2,1-3H3. The Kier molecular flexibility index (Phi) is 3.48. The molecule has 1 N–H and O–H groups in total. The molecule has 0 aromatic carbocycles. The Morgan fingerprint density at radius 2 is 2.00 bits per heavy atom. The van der Waals surface area contributed by atoms with E-state index in [2.05, 4.69) is 23.4 Å². The van der Waals surface area contributed by atoms with E-state index in [9.17, 15) is 0 Å². The Morgan fingerprint density at radius 1 is 1.31 bits per heavy atom. The van der Waals surface area contributed by atoms with Crippen molar-refractivity contribution in [2.24, 2.45) is 0 Å². The molecule has 13 heavy (non-hydrogen) atoms. The molecule has 0 fully saturated rings. The number of hydrogen-bond acceptors (Lipinski definition) is 2. The van der Waals surface area contributed by atoms with E-state index in [1.165, 1.54) is 5.69 Å². The number of rotatable bonds is 4. The average molecular weight is 182 g/mol. The van der Waals surface area contributed by atoms with E-state index in [1.807, 2.05) is 6.92 Å². The van der Waals surface area contributed by atoms with Gasteiger partial charge in [0.15, 0.2) is 0 Å². The van der Waals surface area contributed by atoms with E-state index in [4.69, 9.17) is 5.11 Å². The Morgan fingerprint density at radius 3 is 2.46 bits per heavy atom. The van der Waals surface area contributed by atoms with E-state index in [0.29, 0.717) is 6.54 Å². The van der Waals surface area contributed by atoms with Crippen molar-refractivity contribution in [1.29, 1.82) is 0 Å². The van der Waals surface area contributed by atoms with Gasteiger partial charge in [0.05, 0.1) is 12.3 Å². The molecule has 0 radical (unpaired) electrons. The summed E-state index contributed by atoms with van der Waals surface area (Å²) in [6.07, 6.45) is 1.92. The Hall–Kier alpha value is -0.830. The van der Waals surface area contributed by atoms with Crippen molar-refractivity contribution in [3.05, 3.63) is 17.2 Å². The third-order valence-corrected chi connectivity index (χ3v) is 2.33. The summed E-state index contributed by atoms with van der Waals surface area (Å²) in [5, 5.41) is 8.92. The molecule has 0 saturated heterocycles. The summed E-state index contributed by atoms with van der Waals surface area (Å²) < 4.78 is 2.13. The van der Waals surface area contributed by atoms with Crippen LogP contribution >= 0.6 is 0 Å². The van der Waals surface area contributed by atoms with Gasteiger partial charge >= 0.3 is 0 Å². The topological polar surface area (TPSA) is 38.0 Å². The molecule has 0 saturated carbocycles. The molecule has 0 amide bonds. The molecule has 3 nitrogen and oxygen atoms in total. The third kappa shape index (κ3) is 1.91. The van der Waals surface area contributed by atoms with E-state index in [0.717, 1.165) is 24.4 Å². The maximum Gasteiger partial charge on any atom is 0.108 e. The van der Waals surface area contributed by atoms with Crippen LogP contribution in [0.1, 0.15) is 31.1 Å². The minimum atomic E-state index is 0.190. The van der Waals surface area contributed by atoms with Crippen LogP contribution in [-0.4, -0.2) is 21.3 Å². The van der Waals surface area contributed by atoms with Crippen LogP contribution in [0, 0.1) is 6.92 Å². The zero-order valence-electron chi connectivity index (χ0n) is 8.67. The van der Waals surface area contributed by atoms with Crippen LogP contribution in [0.2, 0.25) is 0 Å². The van der Waals surface area contributed by atoms with Crippen molar-refractivity contribution in [2.45, 2.75) is 40.2 Å². The van der Waals surface area contributed by atoms with Gasteiger partial charge in [-0.1, -0.05) is 13.8 Å². The van der Waals surface area contributed by atoms with Crippen molar-refractivity contribution in [1.82, 2.24) is 9.55 Å². The first-order valence-electron chi connectivity index (χ1n) is 4.90. The first kappa shape index (κ1) is 10.3. The highest BCUT2D eigenvalue weighted by Gasteiger charge is 2.10. The Labute approximate surface area is 79.4 Å². The van der Waals surface area contributed by atoms with Gasteiger partial charge in [-0.05, 0) is 13.3 Å². The molecule has 0 spiro atoms. The second kappa shape index (κ2) is 4.42. The zero-order chi connectivity index (χ0) is 9.84. The monoisotopic (exact) mass is 182 g/mol. The number of aromatic nitrogens is 2. The van der Waals surface area contributed by atoms with Crippen LogP contribution in [0.5, 0.6) is 0 Å². The SMILES string of the molecule is CCc1nc(C)c(CC)n1CCO. The molecule has 0 atom stereocenters. The van der Waals surface area contributed by atoms with Gasteiger partial charge in [0.2, 0.25) is 0 Å². The molecular formula is C10H18N2O. The molecule has 0 aliphatic heterocycles. The summed E-state index contributed by atoms with van der Waals surface area (Å²) in [5.74, 6) is 1.09. The molecule has 0 bridgehead atoms. The number of aryl methyl sites for hydroxylation is 2. The summed E-state index contributed by atoms with van der Waals surface area (Å²) >= 11 is 0. The van der Waals surface area contributed by atoms with Crippen LogP contribution in [0.3, 0.4) is 0 Å². The Bertz CT molecular complexity index is 279. The van der Waals surface area contributed by atoms with E-state index in [1.54, 1.807) is 0 Å². The maximum absolute atomic E-state index is 8.92. The molecule has 0 aliphatic carbocycles. The van der Waals surface area contributed by atoms with E-state index < -0.39 is 0 Å². The predicted molar refractivity (Wildman–Crippen MR) is 52.8 cm³/mol. The fourth-order valence-corrected chi connectivity index (χ4v) is 1.75. The smallest absolute Gasteiger partial charge is 0.108 e. The van der Waals surface area contributed by atoms with Crippen molar-refractivity contribution >= 4 is 0 Å². The van der Waals surface area contributed by atoms with Crippen molar-refractivity contribution in [2.75, 3.05) is 6.61 Å². The van der Waals surface area contributed by atoms with E-state index >= 15 is 0 Å². The lowest BCUT2D eigenvalue weighted by Crippen LogP contribution is -2.09. The largest absolute Gasteiger partial charge is 0.395 e. The molecule has 1 aromatic rings. The highest BCUT2D eigenvalue weighted by Crippen LogP contribution is 2.12. The number of aliphatic hydroxyl groups is 1. The Balaban J connectivity index is 3.08. The summed E-state index contributed by atoms with van der Waals surface area (Å²) in [6, 6.07) is 0. The van der Waals surface area contributed by atoms with Crippen molar-refractivity contribution < 1.29 is 5.11 Å². The molecule has 74 valence electrons. The first-order chi connectivity index (χ1) is 6.24. The van der Waals surface area contributed by atoms with Crippen LogP contribution in [-0.2, 0) is 19.4 Å². The molecule has 0 unspecified atom stereocenters. The van der Waals surface area contributed by atoms with Gasteiger partial charge in [0, 0.05) is 18.7 Å². The minimum Gasteiger partial charge on any atom is -0.395 e. The summed E-state index contributed by atoms with van der Waals surface area (Å²) in [4.78, 5) is 4.47. The average Bonchev–Trinajstić information content (AvgIpc) is 2.43. The summed E-state index contributed by atoms with van der Waals surface area (Å²) in [5.41, 5.74) is 2.36. The number of hydrogen-bond donors (Lipinski definition) is 1. The molecule has 1 aromatic heterocycles. The normalized spacial score (nSPS) is 10.8. The van der Waals surface area contributed by atoms with Gasteiger partial charge in [-0.15, -0.1) is 0 Å². The number of aliphatic hydroxyl groups excluding tert-OH is 1. The van der Waals surface area contributed by atoms with Gasteiger partial charge in [-0.25, -0.2) is 4.98 Å². The van der Waals surface area contributed by atoms with Crippen molar-refractivity contribution in [3.63, 3.8) is 0 Å². The van der Waals surface area contributed by atoms with Crippen LogP contribution in [0.4, 0.5) is 0 Å². The molecule has 0 aliphatic rings. The lowest BCUT2D eigenvalue weighted by Gasteiger charge is -2.07. The predicted octanol–water partition coefficient (Wildman–Crippen LogP) is 1.31. The lowest BCUT2D eigenvalue weighted by atomic mass is 10.3. The van der Waals surface area contributed by atoms with Gasteiger partial charge < -0.3 is 9.67 Å². The van der Waals surface area contributed by atoms with Gasteiger partial charge in [0.25, 0.3) is 0 Å². The molecule has 1 rings (SSSR count). The molecule has 1 heterocycles. The van der Waals surface area contributed by atoms with Crippen LogP contribution in [0.15, 0.2) is 0 Å². The fraction of sp³-hybridized carbons (Fsp3) is 0.700. The number of nitrogens with zero attached hydrogens (tertiary/aromatic N) is 2. The molecular weight excluding hydrogens is 164 g/mol. The van der Waals surface area contributed by atoms with E-state index in [-0.39, 0.29) is 6.61 Å². The zero-order valence-corrected chi connectivity index (χ0v) is 8.67. The quantitative estimate of drug-likeness (QED) is 0.762. The minimum absolute atomic E-state index is 0.190. The first-order valence-corrected chi connectivity index (χ1v) is 4.90. The summed E-state index contributed by atoms with van der Waals surface area (Å²) in [7, 11) is 0. The lowest BCUT2D eigenvalue weighted by molar-refractivity contribution is 0.272. The van der Waals surface area contributed by atoms with Gasteiger partial charge in [-0.2, -0.15) is 0 Å². The van der Waals surface area contributed by atoms with Crippen LogP contribution < -0.4 is 0 Å². The highest BCUT2D eigenvalue weighted by atomic mass is 16.3. The van der Waals surface area contributed by atoms with Gasteiger partial charge in [-0.3, -0.25) is 0 Å². The fourth-order valence-electron chi connectivity index (χ4n) is 1.75. The second-order valence-corrected chi connectivity index (χ2v) is 3.14. The highest BCUT2D eigenvalue weighted by molar-refractivity contribution is 5.16.